The van der Waals surface area contributed by atoms with Crippen LogP contribution in [0.5, 0.6) is 0 Å². The van der Waals surface area contributed by atoms with Crippen LogP contribution in [0.4, 0.5) is 11.4 Å². The molecular formula is C13H15ClN4O2S. The zero-order valence-corrected chi connectivity index (χ0v) is 13.0. The van der Waals surface area contributed by atoms with Crippen LogP contribution in [-0.2, 0) is 23.5 Å². The van der Waals surface area contributed by atoms with Crippen molar-refractivity contribution in [3.63, 3.8) is 0 Å². The van der Waals surface area contributed by atoms with E-state index in [1.54, 1.807) is 6.07 Å². The third kappa shape index (κ3) is 2.71. The molecule has 0 saturated heterocycles. The number of aromatic nitrogens is 2. The zero-order valence-electron chi connectivity index (χ0n) is 11.4. The van der Waals surface area contributed by atoms with Crippen LogP contribution >= 0.6 is 11.6 Å². The maximum absolute atomic E-state index is 12.4. The Bertz CT molecular complexity index is 766. The van der Waals surface area contributed by atoms with E-state index >= 15 is 0 Å². The lowest BCUT2D eigenvalue weighted by Gasteiger charge is -2.19. The van der Waals surface area contributed by atoms with E-state index in [2.05, 4.69) is 15.1 Å². The van der Waals surface area contributed by atoms with Gasteiger partial charge in [0, 0.05) is 25.0 Å². The highest BCUT2D eigenvalue weighted by molar-refractivity contribution is 7.92. The zero-order chi connectivity index (χ0) is 15.0. The van der Waals surface area contributed by atoms with Gasteiger partial charge in [-0.1, -0.05) is 11.6 Å². The molecule has 3 rings (SSSR count). The van der Waals surface area contributed by atoms with Gasteiger partial charge < -0.3 is 5.32 Å². The van der Waals surface area contributed by atoms with Crippen LogP contribution in [0.25, 0.3) is 0 Å². The molecule has 6 nitrogen and oxygen atoms in total. The van der Waals surface area contributed by atoms with E-state index in [4.69, 9.17) is 11.6 Å². The summed E-state index contributed by atoms with van der Waals surface area (Å²) < 4.78 is 28.6. The molecule has 0 spiro atoms. The molecular weight excluding hydrogens is 312 g/mol. The number of hydrogen-bond acceptors (Lipinski definition) is 4. The van der Waals surface area contributed by atoms with Crippen molar-refractivity contribution in [2.75, 3.05) is 16.6 Å². The Hall–Kier alpha value is -1.73. The van der Waals surface area contributed by atoms with E-state index in [0.29, 0.717) is 5.69 Å². The molecule has 0 saturated carbocycles. The largest absolute Gasteiger partial charge is 0.385 e. The summed E-state index contributed by atoms with van der Waals surface area (Å²) in [5.41, 5.74) is 2.69. The monoisotopic (exact) mass is 326 g/mol. The second-order valence-electron chi connectivity index (χ2n) is 4.93. The van der Waals surface area contributed by atoms with Gasteiger partial charge in [0.1, 0.15) is 0 Å². The first-order chi connectivity index (χ1) is 9.97. The van der Waals surface area contributed by atoms with Crippen molar-refractivity contribution >= 4 is 33.0 Å². The third-order valence-corrected chi connectivity index (χ3v) is 5.28. The molecule has 0 amide bonds. The average Bonchev–Trinajstić information content (AvgIpc) is 2.78. The summed E-state index contributed by atoms with van der Waals surface area (Å²) in [6.07, 6.45) is 3.29. The van der Waals surface area contributed by atoms with Gasteiger partial charge in [-0.05, 0) is 36.6 Å². The number of halogens is 1. The topological polar surface area (TPSA) is 76.0 Å². The SMILES string of the molecule is Cn1ncc(Cl)c1S(=O)(=O)Nc1ccc2c(c1)CCCN2. The standard InChI is InChI=1S/C13H15ClN4O2S/c1-18-13(11(14)8-16-18)21(19,20)17-10-4-5-12-9(7-10)3-2-6-15-12/h4-5,7-8,15,17H,2-3,6H2,1H3. The highest BCUT2D eigenvalue weighted by Gasteiger charge is 2.23. The first kappa shape index (κ1) is 14.2. The van der Waals surface area contributed by atoms with Gasteiger partial charge in [-0.15, -0.1) is 0 Å². The fourth-order valence-electron chi connectivity index (χ4n) is 2.44. The summed E-state index contributed by atoms with van der Waals surface area (Å²) in [5, 5.41) is 7.20. The molecule has 1 aliphatic heterocycles. The summed E-state index contributed by atoms with van der Waals surface area (Å²) >= 11 is 5.90. The Morgan fingerprint density at radius 3 is 2.95 bits per heavy atom. The van der Waals surface area contributed by atoms with Gasteiger partial charge in [-0.2, -0.15) is 13.5 Å². The van der Waals surface area contributed by atoms with Crippen molar-refractivity contribution in [3.05, 3.63) is 35.0 Å². The average molecular weight is 327 g/mol. The van der Waals surface area contributed by atoms with Crippen molar-refractivity contribution in [2.24, 2.45) is 7.05 Å². The minimum absolute atomic E-state index is 0.0417. The number of nitrogens with zero attached hydrogens (tertiary/aromatic N) is 2. The second kappa shape index (κ2) is 5.23. The van der Waals surface area contributed by atoms with E-state index in [0.717, 1.165) is 30.6 Å². The quantitative estimate of drug-likeness (QED) is 0.907. The highest BCUT2D eigenvalue weighted by atomic mass is 35.5. The van der Waals surface area contributed by atoms with Crippen molar-refractivity contribution in [2.45, 2.75) is 17.9 Å². The molecule has 112 valence electrons. The number of aryl methyl sites for hydroxylation is 2. The summed E-state index contributed by atoms with van der Waals surface area (Å²) in [7, 11) is -2.22. The lowest BCUT2D eigenvalue weighted by atomic mass is 10.0. The fourth-order valence-corrected chi connectivity index (χ4v) is 4.15. The summed E-state index contributed by atoms with van der Waals surface area (Å²) in [5.74, 6) is 0. The molecule has 2 heterocycles. The van der Waals surface area contributed by atoms with E-state index in [1.807, 2.05) is 12.1 Å². The minimum Gasteiger partial charge on any atom is -0.385 e. The van der Waals surface area contributed by atoms with Gasteiger partial charge in [0.15, 0.2) is 5.03 Å². The maximum atomic E-state index is 12.4. The van der Waals surface area contributed by atoms with Gasteiger partial charge in [0.25, 0.3) is 10.0 Å². The van der Waals surface area contributed by atoms with Gasteiger partial charge in [-0.3, -0.25) is 9.40 Å². The molecule has 0 unspecified atom stereocenters. The van der Waals surface area contributed by atoms with Crippen molar-refractivity contribution in [3.8, 4) is 0 Å². The van der Waals surface area contributed by atoms with Gasteiger partial charge >= 0.3 is 0 Å². The Kier molecular flexibility index (Phi) is 3.54. The lowest BCUT2D eigenvalue weighted by molar-refractivity contribution is 0.582. The van der Waals surface area contributed by atoms with Crippen LogP contribution in [0.3, 0.4) is 0 Å². The maximum Gasteiger partial charge on any atom is 0.280 e. The molecule has 8 heteroatoms. The Labute approximate surface area is 128 Å². The number of hydrogen-bond donors (Lipinski definition) is 2. The van der Waals surface area contributed by atoms with E-state index in [-0.39, 0.29) is 10.0 Å². The van der Waals surface area contributed by atoms with Crippen LogP contribution in [0.15, 0.2) is 29.4 Å². The van der Waals surface area contributed by atoms with Crippen molar-refractivity contribution in [1.82, 2.24) is 9.78 Å². The molecule has 1 aromatic carbocycles. The number of rotatable bonds is 3. The molecule has 0 fully saturated rings. The second-order valence-corrected chi connectivity index (χ2v) is 6.93. The van der Waals surface area contributed by atoms with E-state index in [9.17, 15) is 8.42 Å². The Morgan fingerprint density at radius 2 is 2.24 bits per heavy atom. The Morgan fingerprint density at radius 1 is 1.43 bits per heavy atom. The summed E-state index contributed by atoms with van der Waals surface area (Å²) in [6, 6.07) is 5.47. The van der Waals surface area contributed by atoms with Crippen LogP contribution in [0, 0.1) is 0 Å². The van der Waals surface area contributed by atoms with Crippen LogP contribution < -0.4 is 10.0 Å². The lowest BCUT2D eigenvalue weighted by Crippen LogP contribution is -2.18. The molecule has 0 radical (unpaired) electrons. The highest BCUT2D eigenvalue weighted by Crippen LogP contribution is 2.27. The van der Waals surface area contributed by atoms with Crippen molar-refractivity contribution < 1.29 is 8.42 Å². The molecule has 21 heavy (non-hydrogen) atoms. The number of nitrogens with one attached hydrogen (secondary N) is 2. The van der Waals surface area contributed by atoms with Crippen LogP contribution in [0.1, 0.15) is 12.0 Å². The fraction of sp³-hybridized carbons (Fsp3) is 0.308. The molecule has 1 aliphatic rings. The van der Waals surface area contributed by atoms with Gasteiger partial charge in [-0.25, -0.2) is 0 Å². The summed E-state index contributed by atoms with van der Waals surface area (Å²) in [4.78, 5) is 0. The van der Waals surface area contributed by atoms with Gasteiger partial charge in [0.05, 0.1) is 11.2 Å². The molecule has 0 aliphatic carbocycles. The van der Waals surface area contributed by atoms with Gasteiger partial charge in [0.2, 0.25) is 0 Å². The normalized spacial score (nSPS) is 14.4. The van der Waals surface area contributed by atoms with E-state index < -0.39 is 10.0 Å². The smallest absolute Gasteiger partial charge is 0.280 e. The third-order valence-electron chi connectivity index (χ3n) is 3.39. The molecule has 0 atom stereocenters. The minimum atomic E-state index is -3.76. The van der Waals surface area contributed by atoms with Crippen LogP contribution in [-0.4, -0.2) is 24.7 Å². The van der Waals surface area contributed by atoms with Crippen molar-refractivity contribution in [1.29, 1.82) is 0 Å². The number of fused-ring (bicyclic) bond motifs is 1. The molecule has 1 aromatic heterocycles. The molecule has 2 aromatic rings. The first-order valence-electron chi connectivity index (χ1n) is 6.54. The van der Waals surface area contributed by atoms with E-state index in [1.165, 1.54) is 17.9 Å². The Balaban J connectivity index is 1.93. The number of sulfonamides is 1. The first-order valence-corrected chi connectivity index (χ1v) is 8.40. The summed E-state index contributed by atoms with van der Waals surface area (Å²) in [6.45, 7) is 0.947. The number of anilines is 2. The predicted octanol–water partition coefficient (Wildman–Crippen LogP) is 2.23. The number of benzene rings is 1. The van der Waals surface area contributed by atoms with Crippen LogP contribution in [0.2, 0.25) is 5.02 Å². The predicted molar refractivity (Wildman–Crippen MR) is 82.3 cm³/mol. The molecule has 0 bridgehead atoms. The molecule has 2 N–H and O–H groups in total.